The normalized spacial score (nSPS) is 22.8. The Morgan fingerprint density at radius 2 is 1.79 bits per heavy atom. The van der Waals surface area contributed by atoms with E-state index in [9.17, 15) is 4.79 Å². The van der Waals surface area contributed by atoms with E-state index < -0.39 is 0 Å². The van der Waals surface area contributed by atoms with E-state index in [4.69, 9.17) is 0 Å². The van der Waals surface area contributed by atoms with Crippen molar-refractivity contribution in [2.75, 3.05) is 46.3 Å². The maximum atomic E-state index is 11.8. The Balaban J connectivity index is 1.46. The molecule has 4 heteroatoms. The minimum Gasteiger partial charge on any atom is -0.356 e. The molecular weight excluding hydrogens is 238 g/mol. The van der Waals surface area contributed by atoms with Crippen molar-refractivity contribution in [1.29, 1.82) is 0 Å². The van der Waals surface area contributed by atoms with Gasteiger partial charge in [-0.3, -0.25) is 4.79 Å². The molecule has 0 aromatic heterocycles. The third-order valence-corrected chi connectivity index (χ3v) is 4.52. The third kappa shape index (κ3) is 5.11. The van der Waals surface area contributed by atoms with E-state index in [0.29, 0.717) is 11.8 Å². The molecule has 4 nitrogen and oxygen atoms in total. The maximum absolute atomic E-state index is 11.8. The highest BCUT2D eigenvalue weighted by atomic mass is 16.1. The van der Waals surface area contributed by atoms with Crippen molar-refractivity contribution in [3.8, 4) is 0 Å². The summed E-state index contributed by atoms with van der Waals surface area (Å²) < 4.78 is 0. The molecule has 1 aliphatic heterocycles. The quantitative estimate of drug-likeness (QED) is 0.737. The lowest BCUT2D eigenvalue weighted by Crippen LogP contribution is -2.44. The SMILES string of the molecule is CN1CCN(CCCCNC(=O)C2CCCC2)CC1. The van der Waals surface area contributed by atoms with Gasteiger partial charge < -0.3 is 15.1 Å². The highest BCUT2D eigenvalue weighted by Gasteiger charge is 2.21. The molecule has 1 amide bonds. The van der Waals surface area contributed by atoms with Crippen molar-refractivity contribution >= 4 is 5.91 Å². The molecule has 19 heavy (non-hydrogen) atoms. The summed E-state index contributed by atoms with van der Waals surface area (Å²) in [5, 5.41) is 3.10. The minimum absolute atomic E-state index is 0.303. The van der Waals surface area contributed by atoms with E-state index in [1.807, 2.05) is 0 Å². The van der Waals surface area contributed by atoms with Crippen molar-refractivity contribution < 1.29 is 4.79 Å². The van der Waals surface area contributed by atoms with Crippen molar-refractivity contribution in [3.05, 3.63) is 0 Å². The molecule has 0 spiro atoms. The molecule has 1 N–H and O–H groups in total. The summed E-state index contributed by atoms with van der Waals surface area (Å²) in [6.07, 6.45) is 7.00. The molecule has 1 saturated heterocycles. The van der Waals surface area contributed by atoms with Gasteiger partial charge in [0.05, 0.1) is 0 Å². The van der Waals surface area contributed by atoms with Crippen LogP contribution < -0.4 is 5.32 Å². The molecule has 0 aromatic carbocycles. The van der Waals surface area contributed by atoms with Crippen LogP contribution >= 0.6 is 0 Å². The largest absolute Gasteiger partial charge is 0.356 e. The molecule has 2 aliphatic rings. The molecule has 1 saturated carbocycles. The Kier molecular flexibility index (Phi) is 6.11. The monoisotopic (exact) mass is 267 g/mol. The fourth-order valence-electron chi connectivity index (χ4n) is 3.08. The van der Waals surface area contributed by atoms with Crippen LogP contribution in [0.1, 0.15) is 38.5 Å². The van der Waals surface area contributed by atoms with Crippen molar-refractivity contribution in [2.24, 2.45) is 5.92 Å². The molecule has 110 valence electrons. The Morgan fingerprint density at radius 3 is 2.47 bits per heavy atom. The molecule has 0 radical (unpaired) electrons. The summed E-state index contributed by atoms with van der Waals surface area (Å²) in [4.78, 5) is 16.7. The Morgan fingerprint density at radius 1 is 1.11 bits per heavy atom. The van der Waals surface area contributed by atoms with E-state index in [2.05, 4.69) is 22.2 Å². The van der Waals surface area contributed by atoms with Gasteiger partial charge in [0.2, 0.25) is 5.91 Å². The number of hydrogen-bond donors (Lipinski definition) is 1. The number of nitrogens with zero attached hydrogens (tertiary/aromatic N) is 2. The molecule has 0 atom stereocenters. The highest BCUT2D eigenvalue weighted by molar-refractivity contribution is 5.78. The maximum Gasteiger partial charge on any atom is 0.223 e. The van der Waals surface area contributed by atoms with Gasteiger partial charge in [0.15, 0.2) is 0 Å². The van der Waals surface area contributed by atoms with Crippen LogP contribution in [0, 0.1) is 5.92 Å². The smallest absolute Gasteiger partial charge is 0.223 e. The molecule has 0 unspecified atom stereocenters. The second-order valence-electron chi connectivity index (χ2n) is 6.12. The summed E-state index contributed by atoms with van der Waals surface area (Å²) in [6, 6.07) is 0. The van der Waals surface area contributed by atoms with Gasteiger partial charge in [-0.05, 0) is 39.3 Å². The van der Waals surface area contributed by atoms with Gasteiger partial charge in [0, 0.05) is 38.6 Å². The van der Waals surface area contributed by atoms with Gasteiger partial charge in [0.25, 0.3) is 0 Å². The van der Waals surface area contributed by atoms with Crippen LogP contribution in [-0.4, -0.2) is 62.0 Å². The van der Waals surface area contributed by atoms with Crippen LogP contribution in [0.25, 0.3) is 0 Å². The summed E-state index contributed by atoms with van der Waals surface area (Å²) in [6.45, 7) is 6.84. The van der Waals surface area contributed by atoms with Crippen LogP contribution in [0.2, 0.25) is 0 Å². The number of unbranched alkanes of at least 4 members (excludes halogenated alkanes) is 1. The lowest BCUT2D eigenvalue weighted by Gasteiger charge is -2.32. The zero-order valence-electron chi connectivity index (χ0n) is 12.4. The molecule has 2 rings (SSSR count). The fraction of sp³-hybridized carbons (Fsp3) is 0.933. The second kappa shape index (κ2) is 7.85. The number of carbonyl (C=O) groups is 1. The number of amides is 1. The van der Waals surface area contributed by atoms with Crippen molar-refractivity contribution in [2.45, 2.75) is 38.5 Å². The van der Waals surface area contributed by atoms with Crippen molar-refractivity contribution in [1.82, 2.24) is 15.1 Å². The predicted octanol–water partition coefficient (Wildman–Crippen LogP) is 1.32. The standard InChI is InChI=1S/C15H29N3O/c1-17-10-12-18(13-11-17)9-5-4-8-16-15(19)14-6-2-3-7-14/h14H,2-13H2,1H3,(H,16,19). The molecule has 1 aliphatic carbocycles. The number of likely N-dealkylation sites (N-methyl/N-ethyl adjacent to an activating group) is 1. The lowest BCUT2D eigenvalue weighted by molar-refractivity contribution is -0.124. The molecule has 0 bridgehead atoms. The summed E-state index contributed by atoms with van der Waals surface area (Å²) in [5.74, 6) is 0.620. The lowest BCUT2D eigenvalue weighted by atomic mass is 10.1. The average molecular weight is 267 g/mol. The van der Waals surface area contributed by atoms with Crippen molar-refractivity contribution in [3.63, 3.8) is 0 Å². The average Bonchev–Trinajstić information content (AvgIpc) is 2.94. The first kappa shape index (κ1) is 14.8. The Labute approximate surface area is 117 Å². The molecule has 2 fully saturated rings. The van der Waals surface area contributed by atoms with Crippen LogP contribution in [0.5, 0.6) is 0 Å². The summed E-state index contributed by atoms with van der Waals surface area (Å²) in [5.41, 5.74) is 0. The van der Waals surface area contributed by atoms with E-state index >= 15 is 0 Å². The predicted molar refractivity (Wildman–Crippen MR) is 78.1 cm³/mol. The Bertz CT molecular complexity index is 269. The Hall–Kier alpha value is -0.610. The number of piperazine rings is 1. The number of nitrogens with one attached hydrogen (secondary N) is 1. The summed E-state index contributed by atoms with van der Waals surface area (Å²) in [7, 11) is 2.19. The zero-order valence-corrected chi connectivity index (χ0v) is 12.4. The van der Waals surface area contributed by atoms with E-state index in [0.717, 1.165) is 25.8 Å². The molecular formula is C15H29N3O. The molecule has 1 heterocycles. The van der Waals surface area contributed by atoms with E-state index in [1.54, 1.807) is 0 Å². The third-order valence-electron chi connectivity index (χ3n) is 4.52. The summed E-state index contributed by atoms with van der Waals surface area (Å²) >= 11 is 0. The van der Waals surface area contributed by atoms with Crippen LogP contribution in [0.15, 0.2) is 0 Å². The second-order valence-corrected chi connectivity index (χ2v) is 6.12. The first-order valence-corrected chi connectivity index (χ1v) is 7.94. The highest BCUT2D eigenvalue weighted by Crippen LogP contribution is 2.24. The van der Waals surface area contributed by atoms with Gasteiger partial charge in [-0.1, -0.05) is 12.8 Å². The van der Waals surface area contributed by atoms with E-state index in [1.165, 1.54) is 52.0 Å². The van der Waals surface area contributed by atoms with Gasteiger partial charge >= 0.3 is 0 Å². The number of rotatable bonds is 6. The number of hydrogen-bond acceptors (Lipinski definition) is 3. The van der Waals surface area contributed by atoms with Crippen LogP contribution in [-0.2, 0) is 4.79 Å². The van der Waals surface area contributed by atoms with Crippen LogP contribution in [0.4, 0.5) is 0 Å². The topological polar surface area (TPSA) is 35.6 Å². The van der Waals surface area contributed by atoms with Gasteiger partial charge in [-0.15, -0.1) is 0 Å². The molecule has 0 aromatic rings. The zero-order chi connectivity index (χ0) is 13.5. The van der Waals surface area contributed by atoms with Crippen LogP contribution in [0.3, 0.4) is 0 Å². The first-order valence-electron chi connectivity index (χ1n) is 7.94. The first-order chi connectivity index (χ1) is 9.25. The van der Waals surface area contributed by atoms with Gasteiger partial charge in [0.1, 0.15) is 0 Å². The van der Waals surface area contributed by atoms with Gasteiger partial charge in [-0.25, -0.2) is 0 Å². The fourth-order valence-corrected chi connectivity index (χ4v) is 3.08. The minimum atomic E-state index is 0.303. The van der Waals surface area contributed by atoms with E-state index in [-0.39, 0.29) is 0 Å². The van der Waals surface area contributed by atoms with Gasteiger partial charge in [-0.2, -0.15) is 0 Å². The number of carbonyl (C=O) groups excluding carboxylic acids is 1.